The molecule has 166 valence electrons. The molecule has 2 N–H and O–H groups in total. The molecule has 32 heavy (non-hydrogen) atoms. The van der Waals surface area contributed by atoms with Crippen molar-refractivity contribution in [2.24, 2.45) is 10.7 Å². The van der Waals surface area contributed by atoms with Gasteiger partial charge in [-0.2, -0.15) is 18.4 Å². The molecule has 0 unspecified atom stereocenters. The lowest BCUT2D eigenvalue weighted by atomic mass is 9.89. The Bertz CT molecular complexity index is 1160. The molecule has 2 aromatic carbocycles. The van der Waals surface area contributed by atoms with Crippen molar-refractivity contribution < 1.29 is 14.6 Å². The fourth-order valence-corrected chi connectivity index (χ4v) is 3.59. The molecule has 1 saturated heterocycles. The Morgan fingerprint density at radius 1 is 1.25 bits per heavy atom. The maximum atomic E-state index is 12.5. The van der Waals surface area contributed by atoms with Crippen molar-refractivity contribution in [3.63, 3.8) is 0 Å². The number of halogens is 3. The van der Waals surface area contributed by atoms with Crippen molar-refractivity contribution in [3.8, 4) is 6.07 Å². The van der Waals surface area contributed by atoms with Crippen LogP contribution in [0.15, 0.2) is 65.5 Å². The normalized spacial score (nSPS) is 15.1. The molecule has 2 aromatic rings. The van der Waals surface area contributed by atoms with Crippen LogP contribution in [0.2, 0.25) is 0 Å². The predicted molar refractivity (Wildman–Crippen MR) is 123 cm³/mol. The molecule has 7 heteroatoms. The lowest BCUT2D eigenvalue weighted by Crippen LogP contribution is -2.43. The minimum Gasteiger partial charge on any atom is -0.397 e. The number of nitrogens with two attached hydrogens (primary N) is 1. The second-order valence-corrected chi connectivity index (χ2v) is 7.69. The van der Waals surface area contributed by atoms with Crippen LogP contribution in [0.25, 0.3) is 11.4 Å². The van der Waals surface area contributed by atoms with Crippen molar-refractivity contribution in [1.29, 1.82) is 5.26 Å². The van der Waals surface area contributed by atoms with Gasteiger partial charge in [0.1, 0.15) is 6.21 Å². The van der Waals surface area contributed by atoms with E-state index in [2.05, 4.69) is 28.3 Å². The van der Waals surface area contributed by atoms with Gasteiger partial charge in [-0.1, -0.05) is 30.8 Å². The topological polar surface area (TPSA) is 65.4 Å². The van der Waals surface area contributed by atoms with E-state index in [-0.39, 0.29) is 19.0 Å². The molecular weight excluding hydrogens is 413 g/mol. The molecular formula is C25H25F3N4. The number of nitriles is 1. The fraction of sp³-hybridized carbons (Fsp3) is 0.240. The van der Waals surface area contributed by atoms with E-state index in [9.17, 15) is 13.2 Å². The monoisotopic (exact) mass is 438 g/mol. The molecule has 3 rings (SSSR count). The van der Waals surface area contributed by atoms with Gasteiger partial charge in [0, 0.05) is 31.6 Å². The summed E-state index contributed by atoms with van der Waals surface area (Å²) in [5.41, 5.74) is 14.3. The predicted octanol–water partition coefficient (Wildman–Crippen LogP) is 5.62. The molecule has 0 aromatic heterocycles. The first-order valence-electron chi connectivity index (χ1n) is 9.97. The third kappa shape index (κ3) is 5.11. The van der Waals surface area contributed by atoms with Gasteiger partial charge >= 0.3 is 6.18 Å². The van der Waals surface area contributed by atoms with E-state index in [0.717, 1.165) is 29.9 Å². The van der Waals surface area contributed by atoms with Gasteiger partial charge in [-0.05, 0) is 43.2 Å². The molecule has 0 amide bonds. The Balaban J connectivity index is 0.00000385. The maximum absolute atomic E-state index is 12.5. The number of likely N-dealkylation sites (tertiary alicyclic amines) is 1. The third-order valence-electron chi connectivity index (χ3n) is 5.47. The number of rotatable bonds is 5. The van der Waals surface area contributed by atoms with E-state index >= 15 is 0 Å². The minimum absolute atomic E-state index is 0. The highest BCUT2D eigenvalue weighted by Gasteiger charge is 2.30. The zero-order valence-corrected chi connectivity index (χ0v) is 17.9. The molecule has 4 nitrogen and oxygen atoms in total. The van der Waals surface area contributed by atoms with Crippen molar-refractivity contribution in [3.05, 3.63) is 88.3 Å². The summed E-state index contributed by atoms with van der Waals surface area (Å²) in [5.74, 6) is 0.333. The number of alkyl halides is 3. The Morgan fingerprint density at radius 3 is 2.47 bits per heavy atom. The molecule has 0 bridgehead atoms. The van der Waals surface area contributed by atoms with E-state index in [1.807, 2.05) is 49.4 Å². The Labute approximate surface area is 187 Å². The first-order chi connectivity index (χ1) is 15.1. The summed E-state index contributed by atoms with van der Waals surface area (Å²) in [5, 5.41) is 8.95. The van der Waals surface area contributed by atoms with E-state index in [0.29, 0.717) is 17.0 Å². The zero-order valence-electron chi connectivity index (χ0n) is 17.9. The molecule has 0 saturated carbocycles. The average molecular weight is 438 g/mol. The van der Waals surface area contributed by atoms with Gasteiger partial charge in [0.15, 0.2) is 0 Å². The number of nitrogens with zero attached hydrogens (tertiary/aromatic N) is 3. The molecule has 0 radical (unpaired) electrons. The highest BCUT2D eigenvalue weighted by Crippen LogP contribution is 2.34. The number of benzene rings is 2. The van der Waals surface area contributed by atoms with Crippen LogP contribution in [0.4, 0.5) is 13.2 Å². The third-order valence-corrected chi connectivity index (χ3v) is 5.47. The van der Waals surface area contributed by atoms with Crippen LogP contribution in [0.1, 0.15) is 42.1 Å². The molecule has 0 spiro atoms. The summed E-state index contributed by atoms with van der Waals surface area (Å²) in [7, 11) is 0. The van der Waals surface area contributed by atoms with Crippen molar-refractivity contribution in [2.45, 2.75) is 25.9 Å². The van der Waals surface area contributed by atoms with Gasteiger partial charge in [-0.3, -0.25) is 4.99 Å². The van der Waals surface area contributed by atoms with E-state index < -0.39 is 6.18 Å². The first kappa shape index (κ1) is 22.9. The average Bonchev–Trinajstić information content (AvgIpc) is 2.74. The smallest absolute Gasteiger partial charge is 0.397 e. The van der Waals surface area contributed by atoms with Crippen LogP contribution in [0, 0.1) is 18.3 Å². The number of aryl methyl sites for hydroxylation is 1. The standard InChI is InChI=1S/C25H23F3N4.H2/c1-4-23(32-13-21(14-32)19-9-6-18(12-29)7-10-19)20-8-5-16(2)22(11-20)24(30)17(3)31-15-25(26,27)28;/h5-11,15,21H,1,13-14,30H2,2-3H3;1H/b24-17-,31-15?;. The summed E-state index contributed by atoms with van der Waals surface area (Å²) in [6, 6.07) is 15.3. The highest BCUT2D eigenvalue weighted by atomic mass is 19.4. The highest BCUT2D eigenvalue weighted by molar-refractivity contribution is 5.75. The van der Waals surface area contributed by atoms with Crippen LogP contribution in [-0.2, 0) is 0 Å². The van der Waals surface area contributed by atoms with Crippen molar-refractivity contribution in [1.82, 2.24) is 4.90 Å². The van der Waals surface area contributed by atoms with Crippen molar-refractivity contribution >= 4 is 17.6 Å². The first-order valence-corrected chi connectivity index (χ1v) is 9.97. The fourth-order valence-electron chi connectivity index (χ4n) is 3.59. The number of allylic oxidation sites excluding steroid dienone is 1. The van der Waals surface area contributed by atoms with E-state index in [1.165, 1.54) is 12.5 Å². The van der Waals surface area contributed by atoms with E-state index in [4.69, 9.17) is 11.0 Å². The SMILES string of the molecule is C=C=C(c1ccc(C)c(/C(N)=C(\C)N=CC(F)(F)F)c1)N1CC(c2ccc(C#N)cc2)C1.[HH]. The molecule has 1 fully saturated rings. The Hall–Kier alpha value is -3.75. The zero-order chi connectivity index (χ0) is 23.5. The quantitative estimate of drug-likeness (QED) is 0.487. The van der Waals surface area contributed by atoms with Gasteiger partial charge in [-0.15, -0.1) is 5.73 Å². The second kappa shape index (κ2) is 9.17. The van der Waals surface area contributed by atoms with Crippen LogP contribution in [0.5, 0.6) is 0 Å². The summed E-state index contributed by atoms with van der Waals surface area (Å²) in [6.45, 7) is 8.65. The minimum atomic E-state index is -4.50. The Kier molecular flexibility index (Phi) is 6.57. The van der Waals surface area contributed by atoms with Crippen molar-refractivity contribution in [2.75, 3.05) is 13.1 Å². The summed E-state index contributed by atoms with van der Waals surface area (Å²) in [6.07, 6.45) is -4.56. The second-order valence-electron chi connectivity index (χ2n) is 7.69. The summed E-state index contributed by atoms with van der Waals surface area (Å²) < 4.78 is 37.4. The van der Waals surface area contributed by atoms with E-state index in [1.54, 1.807) is 0 Å². The summed E-state index contributed by atoms with van der Waals surface area (Å²) in [4.78, 5) is 5.60. The van der Waals surface area contributed by atoms with Gasteiger partial charge in [0.25, 0.3) is 0 Å². The molecule has 1 aliphatic rings. The van der Waals surface area contributed by atoms with Gasteiger partial charge < -0.3 is 10.6 Å². The lowest BCUT2D eigenvalue weighted by Gasteiger charge is -2.42. The molecule has 0 atom stereocenters. The van der Waals surface area contributed by atoms with Gasteiger partial charge in [0.2, 0.25) is 0 Å². The largest absolute Gasteiger partial charge is 0.426 e. The van der Waals surface area contributed by atoms with Gasteiger partial charge in [-0.25, -0.2) is 0 Å². The molecule has 1 heterocycles. The lowest BCUT2D eigenvalue weighted by molar-refractivity contribution is -0.0536. The van der Waals surface area contributed by atoms with Crippen LogP contribution < -0.4 is 5.73 Å². The Morgan fingerprint density at radius 2 is 1.91 bits per heavy atom. The molecule has 0 aliphatic carbocycles. The number of aliphatic imine (C=N–C) groups is 1. The van der Waals surface area contributed by atoms with Crippen LogP contribution in [-0.4, -0.2) is 30.4 Å². The van der Waals surface area contributed by atoms with Crippen LogP contribution >= 0.6 is 0 Å². The molecule has 1 aliphatic heterocycles. The summed E-state index contributed by atoms with van der Waals surface area (Å²) >= 11 is 0. The number of hydrogen-bond acceptors (Lipinski definition) is 4. The van der Waals surface area contributed by atoms with Crippen LogP contribution in [0.3, 0.4) is 0 Å². The maximum Gasteiger partial charge on any atom is 0.426 e. The number of hydrogen-bond donors (Lipinski definition) is 1. The van der Waals surface area contributed by atoms with Gasteiger partial charge in [0.05, 0.1) is 28.7 Å².